The SMILES string of the molecule is O=[N+]([O-])c1cncc(Br)c1N1CCOCC1CO. The summed E-state index contributed by atoms with van der Waals surface area (Å²) in [6.07, 6.45) is 2.72. The van der Waals surface area contributed by atoms with Gasteiger partial charge in [-0.1, -0.05) is 0 Å². The molecule has 0 aliphatic carbocycles. The van der Waals surface area contributed by atoms with Gasteiger partial charge in [0.1, 0.15) is 11.9 Å². The van der Waals surface area contributed by atoms with Crippen molar-refractivity contribution in [3.8, 4) is 0 Å². The molecule has 0 amide bonds. The van der Waals surface area contributed by atoms with Crippen LogP contribution in [-0.4, -0.2) is 47.4 Å². The Balaban J connectivity index is 2.44. The Kier molecular flexibility index (Phi) is 4.10. The first-order chi connectivity index (χ1) is 8.65. The number of ether oxygens (including phenoxy) is 1. The van der Waals surface area contributed by atoms with E-state index in [1.54, 1.807) is 4.90 Å². The topological polar surface area (TPSA) is 88.7 Å². The van der Waals surface area contributed by atoms with Crippen molar-refractivity contribution in [1.29, 1.82) is 0 Å². The van der Waals surface area contributed by atoms with Crippen molar-refractivity contribution in [2.24, 2.45) is 0 Å². The molecule has 98 valence electrons. The third-order valence-electron chi connectivity index (χ3n) is 2.78. The maximum absolute atomic E-state index is 11.0. The van der Waals surface area contributed by atoms with Crippen LogP contribution in [-0.2, 0) is 4.74 Å². The monoisotopic (exact) mass is 317 g/mol. The number of halogens is 1. The fraction of sp³-hybridized carbons (Fsp3) is 0.500. The molecule has 0 bridgehead atoms. The van der Waals surface area contributed by atoms with E-state index in [4.69, 9.17) is 4.74 Å². The molecule has 2 rings (SSSR count). The van der Waals surface area contributed by atoms with Crippen LogP contribution in [0.5, 0.6) is 0 Å². The van der Waals surface area contributed by atoms with Gasteiger partial charge in [-0.05, 0) is 15.9 Å². The minimum Gasteiger partial charge on any atom is -0.394 e. The number of nitro groups is 1. The minimum absolute atomic E-state index is 0.0790. The molecule has 1 fully saturated rings. The first-order valence-corrected chi connectivity index (χ1v) is 6.17. The highest BCUT2D eigenvalue weighted by Crippen LogP contribution is 2.36. The second-order valence-corrected chi connectivity index (χ2v) is 4.71. The maximum Gasteiger partial charge on any atom is 0.311 e. The zero-order valence-electron chi connectivity index (χ0n) is 9.45. The van der Waals surface area contributed by atoms with Gasteiger partial charge in [0.25, 0.3) is 0 Å². The van der Waals surface area contributed by atoms with E-state index in [0.29, 0.717) is 29.9 Å². The second kappa shape index (κ2) is 5.59. The van der Waals surface area contributed by atoms with E-state index in [1.807, 2.05) is 0 Å². The Morgan fingerprint density at radius 3 is 3.11 bits per heavy atom. The molecule has 1 aliphatic rings. The molecule has 1 aliphatic heterocycles. The lowest BCUT2D eigenvalue weighted by molar-refractivity contribution is -0.384. The minimum atomic E-state index is -0.475. The largest absolute Gasteiger partial charge is 0.394 e. The van der Waals surface area contributed by atoms with E-state index in [1.165, 1.54) is 12.4 Å². The van der Waals surface area contributed by atoms with Crippen LogP contribution in [0.2, 0.25) is 0 Å². The Labute approximate surface area is 112 Å². The number of nitrogens with zero attached hydrogens (tertiary/aromatic N) is 3. The van der Waals surface area contributed by atoms with Gasteiger partial charge in [0, 0.05) is 12.7 Å². The number of aliphatic hydroxyl groups is 1. The van der Waals surface area contributed by atoms with Crippen molar-refractivity contribution in [3.05, 3.63) is 27.0 Å². The predicted octanol–water partition coefficient (Wildman–Crippen LogP) is 0.950. The lowest BCUT2D eigenvalue weighted by Crippen LogP contribution is -2.48. The molecular formula is C10H12BrN3O4. The summed E-state index contributed by atoms with van der Waals surface area (Å²) >= 11 is 3.28. The summed E-state index contributed by atoms with van der Waals surface area (Å²) in [4.78, 5) is 16.1. The van der Waals surface area contributed by atoms with Crippen molar-refractivity contribution < 1.29 is 14.8 Å². The van der Waals surface area contributed by atoms with Gasteiger partial charge in [0.2, 0.25) is 0 Å². The fourth-order valence-corrected chi connectivity index (χ4v) is 2.49. The summed E-state index contributed by atoms with van der Waals surface area (Å²) in [5, 5.41) is 20.4. The molecule has 1 aromatic heterocycles. The van der Waals surface area contributed by atoms with Crippen LogP contribution < -0.4 is 4.90 Å². The molecule has 0 saturated carbocycles. The van der Waals surface area contributed by atoms with Gasteiger partial charge in [-0.3, -0.25) is 15.1 Å². The summed E-state index contributed by atoms with van der Waals surface area (Å²) < 4.78 is 5.80. The van der Waals surface area contributed by atoms with E-state index >= 15 is 0 Å². The number of morpholine rings is 1. The zero-order chi connectivity index (χ0) is 13.1. The molecular weight excluding hydrogens is 306 g/mol. The first-order valence-electron chi connectivity index (χ1n) is 5.38. The van der Waals surface area contributed by atoms with Crippen LogP contribution in [0.4, 0.5) is 11.4 Å². The molecule has 0 radical (unpaired) electrons. The first kappa shape index (κ1) is 13.2. The number of pyridine rings is 1. The molecule has 0 spiro atoms. The molecule has 1 saturated heterocycles. The summed E-state index contributed by atoms with van der Waals surface area (Å²) in [5.41, 5.74) is 0.363. The number of rotatable bonds is 3. The van der Waals surface area contributed by atoms with E-state index in [9.17, 15) is 15.2 Å². The van der Waals surface area contributed by atoms with Gasteiger partial charge in [0.15, 0.2) is 0 Å². The number of aliphatic hydroxyl groups excluding tert-OH is 1. The highest BCUT2D eigenvalue weighted by Gasteiger charge is 2.30. The van der Waals surface area contributed by atoms with Crippen molar-refractivity contribution in [3.63, 3.8) is 0 Å². The smallest absolute Gasteiger partial charge is 0.311 e. The number of anilines is 1. The van der Waals surface area contributed by atoms with Gasteiger partial charge in [0.05, 0.1) is 35.3 Å². The van der Waals surface area contributed by atoms with E-state index in [2.05, 4.69) is 20.9 Å². The van der Waals surface area contributed by atoms with Gasteiger partial charge in [-0.15, -0.1) is 0 Å². The van der Waals surface area contributed by atoms with Crippen LogP contribution >= 0.6 is 15.9 Å². The van der Waals surface area contributed by atoms with Crippen LogP contribution in [0.25, 0.3) is 0 Å². The van der Waals surface area contributed by atoms with Crippen LogP contribution in [0.15, 0.2) is 16.9 Å². The van der Waals surface area contributed by atoms with Gasteiger partial charge >= 0.3 is 5.69 Å². The Morgan fingerprint density at radius 2 is 2.44 bits per heavy atom. The summed E-state index contributed by atoms with van der Waals surface area (Å²) in [6.45, 7) is 1.20. The third-order valence-corrected chi connectivity index (χ3v) is 3.36. The second-order valence-electron chi connectivity index (χ2n) is 3.85. The quantitative estimate of drug-likeness (QED) is 0.659. The van der Waals surface area contributed by atoms with Gasteiger partial charge < -0.3 is 14.7 Å². The van der Waals surface area contributed by atoms with E-state index < -0.39 is 4.92 Å². The maximum atomic E-state index is 11.0. The number of hydrogen-bond acceptors (Lipinski definition) is 6. The van der Waals surface area contributed by atoms with Gasteiger partial charge in [-0.2, -0.15) is 0 Å². The summed E-state index contributed by atoms with van der Waals surface area (Å²) in [7, 11) is 0. The molecule has 0 aromatic carbocycles. The van der Waals surface area contributed by atoms with E-state index in [0.717, 1.165) is 0 Å². The van der Waals surface area contributed by atoms with Crippen molar-refractivity contribution in [1.82, 2.24) is 4.98 Å². The standard InChI is InChI=1S/C10H12BrN3O4/c11-8-3-12-4-9(14(16)17)10(8)13-1-2-18-6-7(13)5-15/h3-4,7,15H,1-2,5-6H2. The van der Waals surface area contributed by atoms with Crippen molar-refractivity contribution in [2.75, 3.05) is 31.3 Å². The average Bonchev–Trinajstić information content (AvgIpc) is 2.38. The molecule has 7 nitrogen and oxygen atoms in total. The molecule has 2 heterocycles. The molecule has 18 heavy (non-hydrogen) atoms. The molecule has 8 heteroatoms. The van der Waals surface area contributed by atoms with E-state index in [-0.39, 0.29) is 18.3 Å². The molecule has 1 unspecified atom stereocenters. The summed E-state index contributed by atoms with van der Waals surface area (Å²) in [5.74, 6) is 0. The van der Waals surface area contributed by atoms with Crippen LogP contribution in [0, 0.1) is 10.1 Å². The number of aromatic nitrogens is 1. The highest BCUT2D eigenvalue weighted by molar-refractivity contribution is 9.10. The fourth-order valence-electron chi connectivity index (χ4n) is 1.94. The van der Waals surface area contributed by atoms with Crippen molar-refractivity contribution >= 4 is 27.3 Å². The van der Waals surface area contributed by atoms with Crippen molar-refractivity contribution in [2.45, 2.75) is 6.04 Å². The molecule has 1 N–H and O–H groups in total. The molecule has 1 aromatic rings. The molecule has 1 atom stereocenters. The number of hydrogen-bond donors (Lipinski definition) is 1. The van der Waals surface area contributed by atoms with Crippen LogP contribution in [0.1, 0.15) is 0 Å². The van der Waals surface area contributed by atoms with Gasteiger partial charge in [-0.25, -0.2) is 0 Å². The average molecular weight is 318 g/mol. The Bertz CT molecular complexity index is 457. The summed E-state index contributed by atoms with van der Waals surface area (Å²) in [6, 6.07) is -0.281. The van der Waals surface area contributed by atoms with Crippen LogP contribution in [0.3, 0.4) is 0 Å². The predicted molar refractivity (Wildman–Crippen MR) is 67.6 cm³/mol. The zero-order valence-corrected chi connectivity index (χ0v) is 11.0. The highest BCUT2D eigenvalue weighted by atomic mass is 79.9. The lowest BCUT2D eigenvalue weighted by atomic mass is 10.2. The normalized spacial score (nSPS) is 19.9. The lowest BCUT2D eigenvalue weighted by Gasteiger charge is -2.36. The Hall–Kier alpha value is -1.25. The third kappa shape index (κ3) is 2.45. The Morgan fingerprint density at radius 1 is 1.67 bits per heavy atom.